The summed E-state index contributed by atoms with van der Waals surface area (Å²) < 4.78 is 33.4. The molecule has 0 saturated heterocycles. The van der Waals surface area contributed by atoms with Crippen LogP contribution in [0.5, 0.6) is 0 Å². The van der Waals surface area contributed by atoms with Crippen LogP contribution in [0.1, 0.15) is 18.4 Å². The third-order valence-electron chi connectivity index (χ3n) is 3.50. The summed E-state index contributed by atoms with van der Waals surface area (Å²) in [4.78, 5) is 1.63. The van der Waals surface area contributed by atoms with E-state index in [2.05, 4.69) is 5.32 Å². The van der Waals surface area contributed by atoms with Gasteiger partial charge in [-0.3, -0.25) is 0 Å². The van der Waals surface area contributed by atoms with E-state index in [1.54, 1.807) is 12.0 Å². The second-order valence-corrected chi connectivity index (χ2v) is 5.23. The van der Waals surface area contributed by atoms with Gasteiger partial charge in [0.05, 0.1) is 13.2 Å². The molecule has 21 heavy (non-hydrogen) atoms. The largest absolute Gasteiger partial charge is 0.395 e. The fraction of sp³-hybridized carbons (Fsp3) is 0.600. The van der Waals surface area contributed by atoms with Crippen molar-refractivity contribution in [3.8, 4) is 0 Å². The number of aliphatic hydroxyl groups excluding tert-OH is 1. The van der Waals surface area contributed by atoms with E-state index in [4.69, 9.17) is 9.84 Å². The normalized spacial score (nSPS) is 14.5. The van der Waals surface area contributed by atoms with Crippen molar-refractivity contribution in [1.29, 1.82) is 0 Å². The minimum absolute atomic E-state index is 0.0211. The fourth-order valence-corrected chi connectivity index (χ4v) is 2.37. The van der Waals surface area contributed by atoms with Crippen LogP contribution in [0, 0.1) is 11.6 Å². The molecule has 1 aromatic rings. The topological polar surface area (TPSA) is 44.7 Å². The van der Waals surface area contributed by atoms with Crippen molar-refractivity contribution in [3.05, 3.63) is 29.3 Å². The summed E-state index contributed by atoms with van der Waals surface area (Å²) in [6.07, 6.45) is 1.83. The third-order valence-corrected chi connectivity index (χ3v) is 3.50. The van der Waals surface area contributed by atoms with Crippen LogP contribution < -0.4 is 10.2 Å². The van der Waals surface area contributed by atoms with Crippen LogP contribution in [0.15, 0.2) is 12.1 Å². The van der Waals surface area contributed by atoms with Crippen molar-refractivity contribution in [2.75, 3.05) is 38.3 Å². The monoisotopic (exact) mass is 300 g/mol. The molecular formula is C15H22F2N2O2. The second-order valence-electron chi connectivity index (χ2n) is 5.23. The molecule has 0 spiro atoms. The van der Waals surface area contributed by atoms with E-state index in [-0.39, 0.29) is 24.9 Å². The number of nitrogens with zero attached hydrogens (tertiary/aromatic N) is 1. The van der Waals surface area contributed by atoms with Crippen molar-refractivity contribution < 1.29 is 18.6 Å². The molecule has 0 amide bonds. The van der Waals surface area contributed by atoms with Gasteiger partial charge in [0.1, 0.15) is 17.3 Å². The van der Waals surface area contributed by atoms with Crippen LogP contribution in [0.25, 0.3) is 0 Å². The highest BCUT2D eigenvalue weighted by molar-refractivity contribution is 5.52. The molecule has 0 aromatic heterocycles. The van der Waals surface area contributed by atoms with Gasteiger partial charge in [0.25, 0.3) is 0 Å². The highest BCUT2D eigenvalue weighted by Crippen LogP contribution is 2.35. The van der Waals surface area contributed by atoms with Gasteiger partial charge in [0.15, 0.2) is 0 Å². The summed E-state index contributed by atoms with van der Waals surface area (Å²) in [6, 6.07) is 2.85. The lowest BCUT2D eigenvalue weighted by molar-refractivity contribution is 0.199. The molecule has 6 heteroatoms. The van der Waals surface area contributed by atoms with Gasteiger partial charge < -0.3 is 20.1 Å². The molecule has 1 fully saturated rings. The van der Waals surface area contributed by atoms with Crippen LogP contribution in [0.4, 0.5) is 14.5 Å². The maximum atomic E-state index is 14.2. The van der Waals surface area contributed by atoms with Crippen LogP contribution in [-0.4, -0.2) is 44.6 Å². The van der Waals surface area contributed by atoms with Gasteiger partial charge in [-0.25, -0.2) is 8.78 Å². The average molecular weight is 300 g/mol. The summed E-state index contributed by atoms with van der Waals surface area (Å²) in [5.41, 5.74) is 0.539. The molecular weight excluding hydrogens is 278 g/mol. The Labute approximate surface area is 123 Å². The zero-order valence-electron chi connectivity index (χ0n) is 12.2. The summed E-state index contributed by atoms with van der Waals surface area (Å²) in [6.45, 7) is 1.70. The zero-order valence-corrected chi connectivity index (χ0v) is 12.2. The molecule has 0 heterocycles. The lowest BCUT2D eigenvalue weighted by atomic mass is 10.1. The molecule has 1 aliphatic rings. The number of anilines is 1. The molecule has 0 unspecified atom stereocenters. The van der Waals surface area contributed by atoms with Crippen molar-refractivity contribution in [2.45, 2.75) is 25.4 Å². The van der Waals surface area contributed by atoms with E-state index in [0.717, 1.165) is 12.8 Å². The van der Waals surface area contributed by atoms with E-state index in [9.17, 15) is 8.78 Å². The van der Waals surface area contributed by atoms with Gasteiger partial charge in [0, 0.05) is 32.8 Å². The Morgan fingerprint density at radius 3 is 2.52 bits per heavy atom. The number of halogens is 2. The maximum Gasteiger partial charge on any atom is 0.149 e. The van der Waals surface area contributed by atoms with E-state index < -0.39 is 11.6 Å². The first kappa shape index (κ1) is 16.1. The van der Waals surface area contributed by atoms with Crippen molar-refractivity contribution >= 4 is 5.69 Å². The minimum atomic E-state index is -0.570. The summed E-state index contributed by atoms with van der Waals surface area (Å²) in [5.74, 6) is -1.14. The van der Waals surface area contributed by atoms with E-state index in [1.165, 1.54) is 12.1 Å². The Kier molecular flexibility index (Phi) is 5.90. The molecule has 1 saturated carbocycles. The van der Waals surface area contributed by atoms with Gasteiger partial charge in [0.2, 0.25) is 0 Å². The first-order valence-corrected chi connectivity index (χ1v) is 7.22. The number of benzene rings is 1. The van der Waals surface area contributed by atoms with E-state index in [1.807, 2.05) is 0 Å². The molecule has 2 rings (SSSR count). The van der Waals surface area contributed by atoms with Gasteiger partial charge in [-0.2, -0.15) is 0 Å². The van der Waals surface area contributed by atoms with E-state index in [0.29, 0.717) is 25.3 Å². The predicted molar refractivity (Wildman–Crippen MR) is 77.4 cm³/mol. The number of nitrogens with one attached hydrogen (secondary N) is 1. The van der Waals surface area contributed by atoms with Crippen LogP contribution >= 0.6 is 0 Å². The van der Waals surface area contributed by atoms with E-state index >= 15 is 0 Å². The summed E-state index contributed by atoms with van der Waals surface area (Å²) in [5, 5.41) is 12.1. The Bertz CT molecular complexity index is 444. The second kappa shape index (κ2) is 7.68. The molecule has 0 aliphatic heterocycles. The predicted octanol–water partition coefficient (Wildman–Crippen LogP) is 1.66. The van der Waals surface area contributed by atoms with Crippen LogP contribution in [-0.2, 0) is 11.3 Å². The maximum absolute atomic E-state index is 14.2. The number of hydrogen-bond acceptors (Lipinski definition) is 4. The summed E-state index contributed by atoms with van der Waals surface area (Å²) in [7, 11) is 1.60. The van der Waals surface area contributed by atoms with Crippen molar-refractivity contribution in [3.63, 3.8) is 0 Å². The molecule has 0 atom stereocenters. The average Bonchev–Trinajstić information content (AvgIpc) is 3.26. The van der Waals surface area contributed by atoms with Gasteiger partial charge in [-0.1, -0.05) is 0 Å². The highest BCUT2D eigenvalue weighted by Gasteiger charge is 2.32. The molecule has 0 bridgehead atoms. The molecule has 118 valence electrons. The van der Waals surface area contributed by atoms with Crippen molar-refractivity contribution in [2.24, 2.45) is 0 Å². The van der Waals surface area contributed by atoms with Gasteiger partial charge in [-0.15, -0.1) is 0 Å². The molecule has 0 radical (unpaired) electrons. The number of rotatable bonds is 9. The minimum Gasteiger partial charge on any atom is -0.395 e. The number of hydrogen-bond donors (Lipinski definition) is 2. The highest BCUT2D eigenvalue weighted by atomic mass is 19.1. The molecule has 1 aliphatic carbocycles. The molecule has 2 N–H and O–H groups in total. The summed E-state index contributed by atoms with van der Waals surface area (Å²) >= 11 is 0. The van der Waals surface area contributed by atoms with Crippen LogP contribution in [0.3, 0.4) is 0 Å². The zero-order chi connectivity index (χ0) is 15.2. The lowest BCUT2D eigenvalue weighted by Crippen LogP contribution is -2.31. The first-order valence-electron chi connectivity index (χ1n) is 7.22. The SMILES string of the molecule is COCCNCc1cc(F)c(N(CCO)C2CC2)c(F)c1. The standard InChI is InChI=1S/C15H22F2N2O2/c1-21-7-4-18-10-11-8-13(16)15(14(17)9-11)19(5-6-20)12-2-3-12/h8-9,12,18,20H,2-7,10H2,1H3. The number of ether oxygens (including phenoxy) is 1. The van der Waals surface area contributed by atoms with Crippen molar-refractivity contribution in [1.82, 2.24) is 5.32 Å². The van der Waals surface area contributed by atoms with Crippen LogP contribution in [0.2, 0.25) is 0 Å². The third kappa shape index (κ3) is 4.36. The van der Waals surface area contributed by atoms with Gasteiger partial charge >= 0.3 is 0 Å². The number of aliphatic hydroxyl groups is 1. The Balaban J connectivity index is 2.08. The first-order chi connectivity index (χ1) is 10.2. The molecule has 4 nitrogen and oxygen atoms in total. The number of methoxy groups -OCH3 is 1. The lowest BCUT2D eigenvalue weighted by Gasteiger charge is -2.25. The Morgan fingerprint density at radius 1 is 1.33 bits per heavy atom. The Hall–Kier alpha value is -1.24. The fourth-order valence-electron chi connectivity index (χ4n) is 2.37. The Morgan fingerprint density at radius 2 is 2.00 bits per heavy atom. The molecule has 1 aromatic carbocycles. The quantitative estimate of drug-likeness (QED) is 0.681. The van der Waals surface area contributed by atoms with Gasteiger partial charge in [-0.05, 0) is 30.5 Å². The smallest absolute Gasteiger partial charge is 0.149 e.